The van der Waals surface area contributed by atoms with E-state index >= 15 is 0 Å². The highest BCUT2D eigenvalue weighted by atomic mass is 16.3. The number of aldehydes is 1. The first-order valence-electron chi connectivity index (χ1n) is 7.46. The normalized spacial score (nSPS) is 11.0. The second-order valence-electron chi connectivity index (χ2n) is 5.62. The summed E-state index contributed by atoms with van der Waals surface area (Å²) in [7, 11) is 0. The van der Waals surface area contributed by atoms with E-state index in [0.29, 0.717) is 11.8 Å². The Kier molecular flexibility index (Phi) is 3.09. The summed E-state index contributed by atoms with van der Waals surface area (Å²) in [6.07, 6.45) is 0.620. The smallest absolute Gasteiger partial charge is 0.153 e. The molecule has 2 aliphatic carbocycles. The maximum atomic E-state index is 10.1. The van der Waals surface area contributed by atoms with Gasteiger partial charge in [-0.2, -0.15) is 0 Å². The molecule has 0 atom stereocenters. The number of rotatable bonds is 1. The number of phenolic OH excluding ortho intramolecular Hbond substituents is 1. The van der Waals surface area contributed by atoms with Gasteiger partial charge in [0.2, 0.25) is 0 Å². The first-order chi connectivity index (χ1) is 11.3. The molecule has 5 rings (SSSR count). The van der Waals surface area contributed by atoms with Crippen molar-refractivity contribution >= 4 is 27.8 Å². The minimum atomic E-state index is 0.0347. The summed E-state index contributed by atoms with van der Waals surface area (Å²) in [4.78, 5) is 10.1. The van der Waals surface area contributed by atoms with Crippen molar-refractivity contribution in [3.05, 3.63) is 78.4 Å². The van der Waals surface area contributed by atoms with Gasteiger partial charge in [0.05, 0.1) is 5.56 Å². The van der Waals surface area contributed by atoms with Gasteiger partial charge in [-0.15, -0.1) is 0 Å². The maximum absolute atomic E-state index is 10.1. The molecule has 0 saturated carbocycles. The van der Waals surface area contributed by atoms with Crippen LogP contribution in [-0.2, 0) is 0 Å². The fourth-order valence-corrected chi connectivity index (χ4v) is 2.84. The molecule has 0 saturated heterocycles. The molecule has 1 N–H and O–H groups in total. The van der Waals surface area contributed by atoms with Crippen molar-refractivity contribution in [3.8, 4) is 16.9 Å². The van der Waals surface area contributed by atoms with Gasteiger partial charge in [0.15, 0.2) is 6.29 Å². The summed E-state index contributed by atoms with van der Waals surface area (Å²) in [6.45, 7) is 0. The lowest BCUT2D eigenvalue weighted by Crippen LogP contribution is -1.77. The number of para-hydroxylation sites is 1. The van der Waals surface area contributed by atoms with Crippen molar-refractivity contribution in [1.82, 2.24) is 0 Å². The van der Waals surface area contributed by atoms with Crippen LogP contribution in [0.3, 0.4) is 0 Å². The fourth-order valence-electron chi connectivity index (χ4n) is 2.84. The zero-order valence-corrected chi connectivity index (χ0v) is 12.4. The van der Waals surface area contributed by atoms with E-state index in [2.05, 4.69) is 48.5 Å². The molecule has 2 heteroatoms. The highest BCUT2D eigenvalue weighted by Gasteiger charge is 2.17. The first-order valence-corrected chi connectivity index (χ1v) is 7.46. The molecule has 3 aromatic rings. The van der Waals surface area contributed by atoms with Crippen LogP contribution in [0.1, 0.15) is 10.4 Å². The van der Waals surface area contributed by atoms with Crippen molar-refractivity contribution in [3.63, 3.8) is 0 Å². The summed E-state index contributed by atoms with van der Waals surface area (Å²) >= 11 is 0. The number of hydrogen-bond acceptors (Lipinski definition) is 2. The van der Waals surface area contributed by atoms with Crippen LogP contribution in [0.5, 0.6) is 5.75 Å². The summed E-state index contributed by atoms with van der Waals surface area (Å²) in [5.74, 6) is 0.0347. The third-order valence-electron chi connectivity index (χ3n) is 4.11. The molecule has 0 unspecified atom stereocenters. The lowest BCUT2D eigenvalue weighted by atomic mass is 10.1. The molecule has 0 aromatic heterocycles. The lowest BCUT2D eigenvalue weighted by Gasteiger charge is -1.97. The number of aromatic hydroxyl groups is 1. The van der Waals surface area contributed by atoms with Gasteiger partial charge in [-0.1, -0.05) is 36.4 Å². The Morgan fingerprint density at radius 2 is 1.43 bits per heavy atom. The molecule has 0 bridgehead atoms. The number of phenols is 1. The van der Waals surface area contributed by atoms with Crippen molar-refractivity contribution in [2.75, 3.05) is 0 Å². The van der Waals surface area contributed by atoms with Crippen molar-refractivity contribution in [1.29, 1.82) is 0 Å². The number of fused-ring (bicyclic) bond motifs is 4. The quantitative estimate of drug-likeness (QED) is 0.342. The van der Waals surface area contributed by atoms with Crippen LogP contribution in [0, 0.1) is 0 Å². The fraction of sp³-hybridized carbons (Fsp3) is 0. The Morgan fingerprint density at radius 3 is 2.13 bits per heavy atom. The van der Waals surface area contributed by atoms with E-state index < -0.39 is 0 Å². The molecule has 0 radical (unpaired) electrons. The highest BCUT2D eigenvalue weighted by molar-refractivity contribution is 6.13. The average Bonchev–Trinajstić information content (AvgIpc) is 3.27. The molecular weight excluding hydrogens is 284 g/mol. The monoisotopic (exact) mass is 298 g/mol. The van der Waals surface area contributed by atoms with Crippen LogP contribution in [-0.4, -0.2) is 11.4 Å². The van der Waals surface area contributed by atoms with Gasteiger partial charge < -0.3 is 5.11 Å². The predicted octanol–water partition coefficient (Wildman–Crippen LogP) is 5.18. The molecule has 3 aromatic carbocycles. The molecule has 0 spiro atoms. The molecule has 0 heterocycles. The van der Waals surface area contributed by atoms with Gasteiger partial charge in [0.25, 0.3) is 0 Å². The van der Waals surface area contributed by atoms with Crippen molar-refractivity contribution in [2.45, 2.75) is 0 Å². The van der Waals surface area contributed by atoms with Gasteiger partial charge in [-0.05, 0) is 69.1 Å². The molecule has 23 heavy (non-hydrogen) atoms. The molecule has 2 nitrogen and oxygen atoms in total. The van der Waals surface area contributed by atoms with E-state index in [4.69, 9.17) is 5.11 Å². The van der Waals surface area contributed by atoms with Gasteiger partial charge in [0, 0.05) is 0 Å². The number of benzene rings is 4. The highest BCUT2D eigenvalue weighted by Crippen LogP contribution is 2.44. The lowest BCUT2D eigenvalue weighted by molar-refractivity contribution is 0.112. The second-order valence-corrected chi connectivity index (χ2v) is 5.62. The third-order valence-corrected chi connectivity index (χ3v) is 4.11. The third kappa shape index (κ3) is 2.44. The maximum Gasteiger partial charge on any atom is 0.153 e. The number of carbonyl (C=O) groups is 1. The van der Waals surface area contributed by atoms with E-state index in [-0.39, 0.29) is 5.75 Å². The summed E-state index contributed by atoms with van der Waals surface area (Å²) in [5.41, 5.74) is 3.21. The van der Waals surface area contributed by atoms with E-state index in [1.165, 1.54) is 38.7 Å². The minimum absolute atomic E-state index is 0.0347. The van der Waals surface area contributed by atoms with Crippen LogP contribution >= 0.6 is 0 Å². The molecule has 0 amide bonds. The molecule has 2 aliphatic rings. The van der Waals surface area contributed by atoms with Crippen LogP contribution < -0.4 is 0 Å². The Hall–Kier alpha value is -3.13. The van der Waals surface area contributed by atoms with Gasteiger partial charge >= 0.3 is 0 Å². The topological polar surface area (TPSA) is 37.3 Å². The molecule has 0 fully saturated rings. The zero-order valence-electron chi connectivity index (χ0n) is 12.4. The van der Waals surface area contributed by atoms with E-state index in [1.807, 2.05) is 0 Å². The van der Waals surface area contributed by atoms with Crippen molar-refractivity contribution < 1.29 is 9.90 Å². The Bertz CT molecular complexity index is 1050. The summed E-state index contributed by atoms with van der Waals surface area (Å²) in [6, 6.07) is 24.0. The largest absolute Gasteiger partial charge is 0.507 e. The van der Waals surface area contributed by atoms with Crippen LogP contribution in [0.25, 0.3) is 32.7 Å². The van der Waals surface area contributed by atoms with Crippen LogP contribution in [0.2, 0.25) is 0 Å². The molecular formula is C21H14O2. The summed E-state index contributed by atoms with van der Waals surface area (Å²) in [5, 5.41) is 14.4. The second kappa shape index (κ2) is 5.25. The van der Waals surface area contributed by atoms with E-state index in [9.17, 15) is 4.79 Å². The average molecular weight is 298 g/mol. The number of hydrogen-bond donors (Lipinski definition) is 1. The van der Waals surface area contributed by atoms with Gasteiger partial charge in [-0.25, -0.2) is 0 Å². The van der Waals surface area contributed by atoms with Gasteiger partial charge in [-0.3, -0.25) is 4.79 Å². The Morgan fingerprint density at radius 1 is 0.739 bits per heavy atom. The molecule has 0 aliphatic heterocycles. The first kappa shape index (κ1) is 13.5. The van der Waals surface area contributed by atoms with Crippen LogP contribution in [0.15, 0.2) is 72.8 Å². The Labute approximate surface area is 133 Å². The van der Waals surface area contributed by atoms with Crippen LogP contribution in [0.4, 0.5) is 0 Å². The van der Waals surface area contributed by atoms with Gasteiger partial charge in [0.1, 0.15) is 5.75 Å². The predicted molar refractivity (Wildman–Crippen MR) is 93.9 cm³/mol. The standard InChI is InChI=1S/C14H8.C7H6O2/c1-2-4-10-7-13-11(5-9(10)3-1)6-12-8-14(12)13;8-5-6-3-1-2-4-7(6)9/h1-8H;1-5,9H. The molecule has 110 valence electrons. The SMILES string of the molecule is O=Cc1ccccc1O.c1ccc2cc3c4cc-4cc3cc2c1. The number of carbonyl (C=O) groups excluding carboxylic acids is 1. The Balaban J connectivity index is 0.000000132. The van der Waals surface area contributed by atoms with E-state index in [0.717, 1.165) is 0 Å². The van der Waals surface area contributed by atoms with E-state index in [1.54, 1.807) is 18.2 Å². The van der Waals surface area contributed by atoms with Crippen molar-refractivity contribution in [2.24, 2.45) is 0 Å². The zero-order chi connectivity index (χ0) is 15.8. The minimum Gasteiger partial charge on any atom is -0.507 e. The summed E-state index contributed by atoms with van der Waals surface area (Å²) < 4.78 is 0.